The molecule has 1 heterocycles. The number of amides is 1. The van der Waals surface area contributed by atoms with Gasteiger partial charge in [-0.15, -0.1) is 0 Å². The van der Waals surface area contributed by atoms with Gasteiger partial charge in [0, 0.05) is 31.9 Å². The predicted molar refractivity (Wildman–Crippen MR) is 107 cm³/mol. The molecule has 0 unspecified atom stereocenters. The van der Waals surface area contributed by atoms with Crippen molar-refractivity contribution in [3.63, 3.8) is 0 Å². The molecule has 1 aliphatic rings. The first-order valence-corrected chi connectivity index (χ1v) is 9.54. The van der Waals surface area contributed by atoms with Gasteiger partial charge in [-0.1, -0.05) is 55.0 Å². The van der Waals surface area contributed by atoms with Crippen LogP contribution in [-0.4, -0.2) is 43.5 Å². The average Bonchev–Trinajstić information content (AvgIpc) is 2.68. The van der Waals surface area contributed by atoms with Crippen LogP contribution in [-0.2, 0) is 4.79 Å². The lowest BCUT2D eigenvalue weighted by Gasteiger charge is -2.36. The number of benzene rings is 2. The molecule has 3 rings (SSSR count). The minimum Gasteiger partial charge on any atom is -0.369 e. The number of carbonyl (C=O) groups is 1. The molecule has 1 saturated heterocycles. The van der Waals surface area contributed by atoms with Crippen molar-refractivity contribution < 1.29 is 4.79 Å². The lowest BCUT2D eigenvalue weighted by atomic mass is 10.0. The molecule has 4 nitrogen and oxygen atoms in total. The highest BCUT2D eigenvalue weighted by Crippen LogP contribution is 2.18. The van der Waals surface area contributed by atoms with E-state index in [0.717, 1.165) is 32.6 Å². The van der Waals surface area contributed by atoms with E-state index in [0.29, 0.717) is 6.54 Å². The van der Waals surface area contributed by atoms with Crippen LogP contribution in [0.2, 0.25) is 0 Å². The molecule has 0 spiro atoms. The Morgan fingerprint density at radius 3 is 2.27 bits per heavy atom. The van der Waals surface area contributed by atoms with Crippen LogP contribution in [0.15, 0.2) is 54.6 Å². The standard InChI is InChI=1S/C22H29N3O/c1-3-21(19-11-9-18(2)10-12-19)23-22(26)17-24-13-15-25(16-14-24)20-7-5-4-6-8-20/h4-12,21H,3,13-17H2,1-2H3,(H,23,26)/t21-/m1/s1. The Kier molecular flexibility index (Phi) is 6.29. The molecule has 2 aromatic rings. The second-order valence-corrected chi connectivity index (χ2v) is 7.04. The van der Waals surface area contributed by atoms with E-state index >= 15 is 0 Å². The highest BCUT2D eigenvalue weighted by atomic mass is 16.2. The summed E-state index contributed by atoms with van der Waals surface area (Å²) in [5.41, 5.74) is 3.69. The monoisotopic (exact) mass is 351 g/mol. The summed E-state index contributed by atoms with van der Waals surface area (Å²) >= 11 is 0. The zero-order chi connectivity index (χ0) is 18.4. The Bertz CT molecular complexity index is 691. The van der Waals surface area contributed by atoms with Gasteiger partial charge in [-0.2, -0.15) is 0 Å². The van der Waals surface area contributed by atoms with Gasteiger partial charge in [-0.05, 0) is 31.0 Å². The van der Waals surface area contributed by atoms with Crippen molar-refractivity contribution in [1.82, 2.24) is 10.2 Å². The Morgan fingerprint density at radius 1 is 1.00 bits per heavy atom. The first kappa shape index (κ1) is 18.5. The number of hydrogen-bond acceptors (Lipinski definition) is 3. The zero-order valence-corrected chi connectivity index (χ0v) is 15.8. The van der Waals surface area contributed by atoms with Crippen LogP contribution in [0.5, 0.6) is 0 Å². The second-order valence-electron chi connectivity index (χ2n) is 7.04. The van der Waals surface area contributed by atoms with Crippen molar-refractivity contribution in [2.24, 2.45) is 0 Å². The molecule has 1 atom stereocenters. The summed E-state index contributed by atoms with van der Waals surface area (Å²) in [6.07, 6.45) is 0.899. The summed E-state index contributed by atoms with van der Waals surface area (Å²) in [4.78, 5) is 17.1. The molecule has 1 aliphatic heterocycles. The van der Waals surface area contributed by atoms with Crippen molar-refractivity contribution in [1.29, 1.82) is 0 Å². The number of nitrogens with one attached hydrogen (secondary N) is 1. The fourth-order valence-corrected chi connectivity index (χ4v) is 3.47. The summed E-state index contributed by atoms with van der Waals surface area (Å²) in [6, 6.07) is 19.0. The number of anilines is 1. The summed E-state index contributed by atoms with van der Waals surface area (Å²) in [6.45, 7) is 8.44. The van der Waals surface area contributed by atoms with Crippen molar-refractivity contribution >= 4 is 11.6 Å². The van der Waals surface area contributed by atoms with Crippen LogP contribution in [0.4, 0.5) is 5.69 Å². The normalized spacial score (nSPS) is 16.3. The molecule has 0 radical (unpaired) electrons. The molecule has 1 fully saturated rings. The highest BCUT2D eigenvalue weighted by Gasteiger charge is 2.20. The Balaban J connectivity index is 1.48. The van der Waals surface area contributed by atoms with Crippen molar-refractivity contribution in [3.05, 3.63) is 65.7 Å². The summed E-state index contributed by atoms with van der Waals surface area (Å²) in [7, 11) is 0. The van der Waals surface area contributed by atoms with Gasteiger partial charge in [-0.25, -0.2) is 0 Å². The Morgan fingerprint density at radius 2 is 1.65 bits per heavy atom. The third-order valence-electron chi connectivity index (χ3n) is 5.08. The van der Waals surface area contributed by atoms with Crippen LogP contribution >= 0.6 is 0 Å². The Hall–Kier alpha value is -2.33. The lowest BCUT2D eigenvalue weighted by Crippen LogP contribution is -2.49. The van der Waals surface area contributed by atoms with E-state index in [2.05, 4.69) is 77.5 Å². The fraction of sp³-hybridized carbons (Fsp3) is 0.409. The minimum atomic E-state index is 0.0914. The lowest BCUT2D eigenvalue weighted by molar-refractivity contribution is -0.123. The first-order chi connectivity index (χ1) is 12.7. The van der Waals surface area contributed by atoms with E-state index in [-0.39, 0.29) is 11.9 Å². The fourth-order valence-electron chi connectivity index (χ4n) is 3.47. The van der Waals surface area contributed by atoms with Crippen molar-refractivity contribution in [3.8, 4) is 0 Å². The zero-order valence-electron chi connectivity index (χ0n) is 15.8. The molecule has 0 aliphatic carbocycles. The summed E-state index contributed by atoms with van der Waals surface area (Å²) < 4.78 is 0. The van der Waals surface area contributed by atoms with Gasteiger partial charge in [0.25, 0.3) is 0 Å². The SMILES string of the molecule is CC[C@@H](NC(=O)CN1CCN(c2ccccc2)CC1)c1ccc(C)cc1. The van der Waals surface area contributed by atoms with E-state index in [1.165, 1.54) is 16.8 Å². The third-order valence-corrected chi connectivity index (χ3v) is 5.08. The Labute approximate surface area is 156 Å². The van der Waals surface area contributed by atoms with E-state index in [1.54, 1.807) is 0 Å². The van der Waals surface area contributed by atoms with E-state index in [9.17, 15) is 4.79 Å². The maximum absolute atomic E-state index is 12.5. The maximum atomic E-state index is 12.5. The smallest absolute Gasteiger partial charge is 0.234 e. The van der Waals surface area contributed by atoms with Crippen LogP contribution < -0.4 is 10.2 Å². The van der Waals surface area contributed by atoms with Gasteiger partial charge in [0.15, 0.2) is 0 Å². The van der Waals surface area contributed by atoms with Gasteiger partial charge in [0.05, 0.1) is 12.6 Å². The molecular formula is C22H29N3O. The number of para-hydroxylation sites is 1. The largest absolute Gasteiger partial charge is 0.369 e. The number of carbonyl (C=O) groups excluding carboxylic acids is 1. The molecule has 0 aromatic heterocycles. The number of nitrogens with zero attached hydrogens (tertiary/aromatic N) is 2. The van der Waals surface area contributed by atoms with Gasteiger partial charge in [-0.3, -0.25) is 9.69 Å². The second kappa shape index (κ2) is 8.86. The topological polar surface area (TPSA) is 35.6 Å². The van der Waals surface area contributed by atoms with Gasteiger partial charge < -0.3 is 10.2 Å². The average molecular weight is 351 g/mol. The van der Waals surface area contributed by atoms with Gasteiger partial charge in [0.2, 0.25) is 5.91 Å². The van der Waals surface area contributed by atoms with Crippen LogP contribution in [0, 0.1) is 6.92 Å². The molecule has 1 amide bonds. The molecule has 1 N–H and O–H groups in total. The van der Waals surface area contributed by atoms with Crippen molar-refractivity contribution in [2.75, 3.05) is 37.6 Å². The first-order valence-electron chi connectivity index (χ1n) is 9.54. The van der Waals surface area contributed by atoms with Gasteiger partial charge in [0.1, 0.15) is 0 Å². The molecule has 26 heavy (non-hydrogen) atoms. The maximum Gasteiger partial charge on any atom is 0.234 e. The highest BCUT2D eigenvalue weighted by molar-refractivity contribution is 5.78. The van der Waals surface area contributed by atoms with Crippen LogP contribution in [0.1, 0.15) is 30.5 Å². The van der Waals surface area contributed by atoms with Crippen LogP contribution in [0.3, 0.4) is 0 Å². The quantitative estimate of drug-likeness (QED) is 0.867. The van der Waals surface area contributed by atoms with Crippen molar-refractivity contribution in [2.45, 2.75) is 26.3 Å². The number of rotatable bonds is 6. The summed E-state index contributed by atoms with van der Waals surface area (Å²) in [5.74, 6) is 0.116. The van der Waals surface area contributed by atoms with Gasteiger partial charge >= 0.3 is 0 Å². The number of hydrogen-bond donors (Lipinski definition) is 1. The van der Waals surface area contributed by atoms with E-state index in [4.69, 9.17) is 0 Å². The molecule has 0 saturated carbocycles. The molecule has 2 aromatic carbocycles. The van der Waals surface area contributed by atoms with Crippen LogP contribution in [0.25, 0.3) is 0 Å². The predicted octanol–water partition coefficient (Wildman–Crippen LogP) is 3.38. The third kappa shape index (κ3) is 4.85. The molecule has 0 bridgehead atoms. The van der Waals surface area contributed by atoms with E-state index < -0.39 is 0 Å². The van der Waals surface area contributed by atoms with E-state index in [1.807, 2.05) is 6.07 Å². The summed E-state index contributed by atoms with van der Waals surface area (Å²) in [5, 5.41) is 3.20. The molecular weight excluding hydrogens is 322 g/mol. The minimum absolute atomic E-state index is 0.0914. The number of aryl methyl sites for hydroxylation is 1. The number of piperazine rings is 1. The molecule has 138 valence electrons. The molecule has 4 heteroatoms.